The van der Waals surface area contributed by atoms with Crippen LogP contribution in [0.1, 0.15) is 0 Å². The molecule has 5 N–H and O–H groups in total. The number of anilines is 3. The summed E-state index contributed by atoms with van der Waals surface area (Å²) < 4.78 is 26.1. The highest BCUT2D eigenvalue weighted by Gasteiger charge is 2.10. The average molecular weight is 277 g/mol. The zero-order chi connectivity index (χ0) is 14.1. The van der Waals surface area contributed by atoms with Crippen LogP contribution in [0.3, 0.4) is 0 Å². The van der Waals surface area contributed by atoms with Crippen LogP contribution in [-0.4, -0.2) is 20.2 Å². The molecular weight excluding hydrogens is 268 g/mol. The third-order valence-corrected chi connectivity index (χ3v) is 2.62. The second-order valence-corrected chi connectivity index (χ2v) is 3.93. The van der Waals surface area contributed by atoms with Crippen molar-refractivity contribution in [3.63, 3.8) is 0 Å². The van der Waals surface area contributed by atoms with E-state index >= 15 is 0 Å². The summed E-state index contributed by atoms with van der Waals surface area (Å²) in [6, 6.07) is 3.44. The number of halogens is 2. The zero-order valence-electron chi connectivity index (χ0n) is 9.98. The van der Waals surface area contributed by atoms with Gasteiger partial charge < -0.3 is 5.32 Å². The molecule has 1 aromatic carbocycles. The summed E-state index contributed by atoms with van der Waals surface area (Å²) >= 11 is 0. The molecule has 9 heteroatoms. The van der Waals surface area contributed by atoms with Gasteiger partial charge in [0.25, 0.3) is 0 Å². The van der Waals surface area contributed by atoms with Gasteiger partial charge in [-0.1, -0.05) is 0 Å². The molecule has 7 nitrogen and oxygen atoms in total. The monoisotopic (exact) mass is 277 g/mol. The molecule has 0 aliphatic rings. The first-order valence-corrected chi connectivity index (χ1v) is 5.57. The lowest BCUT2D eigenvalue weighted by Gasteiger charge is -2.08. The predicted octanol–water partition coefficient (Wildman–Crippen LogP) is 1.66. The predicted molar refractivity (Wildman–Crippen MR) is 69.1 cm³/mol. The van der Waals surface area contributed by atoms with Crippen molar-refractivity contribution in [1.29, 1.82) is 0 Å². The number of hydrogen-bond acceptors (Lipinski definition) is 6. The Morgan fingerprint density at radius 2 is 2.00 bits per heavy atom. The fourth-order valence-electron chi connectivity index (χ4n) is 1.71. The van der Waals surface area contributed by atoms with E-state index in [1.54, 1.807) is 0 Å². The van der Waals surface area contributed by atoms with Crippen LogP contribution in [0.25, 0.3) is 11.0 Å². The Balaban J connectivity index is 2.04. The minimum Gasteiger partial charge on any atom is -0.339 e. The number of nitrogens with one attached hydrogen (secondary N) is 3. The van der Waals surface area contributed by atoms with Crippen LogP contribution in [0.2, 0.25) is 0 Å². The Morgan fingerprint density at radius 1 is 1.15 bits per heavy atom. The van der Waals surface area contributed by atoms with Crippen LogP contribution >= 0.6 is 0 Å². The van der Waals surface area contributed by atoms with Crippen LogP contribution in [0.5, 0.6) is 0 Å². The van der Waals surface area contributed by atoms with Gasteiger partial charge in [0.15, 0.2) is 17.3 Å². The van der Waals surface area contributed by atoms with Gasteiger partial charge in [-0.25, -0.2) is 14.6 Å². The average Bonchev–Trinajstić information content (AvgIpc) is 2.91. The Kier molecular flexibility index (Phi) is 2.88. The van der Waals surface area contributed by atoms with Gasteiger partial charge >= 0.3 is 0 Å². The second-order valence-electron chi connectivity index (χ2n) is 3.93. The lowest BCUT2D eigenvalue weighted by molar-refractivity contribution is 0.509. The third kappa shape index (κ3) is 2.10. The van der Waals surface area contributed by atoms with Crippen LogP contribution in [0, 0.1) is 11.6 Å². The number of hydrogen-bond donors (Lipinski definition) is 4. The minimum atomic E-state index is -0.954. The summed E-state index contributed by atoms with van der Waals surface area (Å²) in [6.45, 7) is 0. The molecule has 0 radical (unpaired) electrons. The second kappa shape index (κ2) is 4.70. The number of aromatic amines is 1. The molecule has 3 aromatic rings. The molecule has 0 aliphatic carbocycles. The smallest absolute Gasteiger partial charge is 0.241 e. The lowest BCUT2D eigenvalue weighted by atomic mass is 10.3. The van der Waals surface area contributed by atoms with Crippen molar-refractivity contribution < 1.29 is 8.78 Å². The van der Waals surface area contributed by atoms with Gasteiger partial charge in [-0.2, -0.15) is 15.1 Å². The Labute approximate surface area is 111 Å². The molecule has 2 aromatic heterocycles. The van der Waals surface area contributed by atoms with E-state index < -0.39 is 11.6 Å². The van der Waals surface area contributed by atoms with E-state index in [9.17, 15) is 8.78 Å². The molecule has 0 fully saturated rings. The van der Waals surface area contributed by atoms with Gasteiger partial charge in [-0.15, -0.1) is 0 Å². The topological polar surface area (TPSA) is 105 Å². The summed E-state index contributed by atoms with van der Waals surface area (Å²) in [4.78, 5) is 8.15. The maximum atomic E-state index is 13.2. The Bertz CT molecular complexity index is 771. The van der Waals surface area contributed by atoms with E-state index in [0.29, 0.717) is 22.5 Å². The third-order valence-electron chi connectivity index (χ3n) is 2.62. The van der Waals surface area contributed by atoms with Gasteiger partial charge in [0.05, 0.1) is 11.6 Å². The molecule has 3 rings (SSSR count). The SMILES string of the molecule is NNc1nc(Nc2ccc(F)c(F)c2)c2cn[nH]c2n1. The van der Waals surface area contributed by atoms with Gasteiger partial charge in [-0.05, 0) is 12.1 Å². The van der Waals surface area contributed by atoms with E-state index in [2.05, 4.69) is 30.9 Å². The van der Waals surface area contributed by atoms with Crippen molar-refractivity contribution in [2.24, 2.45) is 5.84 Å². The Hall–Kier alpha value is -2.81. The van der Waals surface area contributed by atoms with Crippen molar-refractivity contribution in [3.8, 4) is 0 Å². The van der Waals surface area contributed by atoms with Crippen molar-refractivity contribution in [2.45, 2.75) is 0 Å². The first-order chi connectivity index (χ1) is 9.67. The standard InChI is InChI=1S/C11H9F2N7/c12-7-2-1-5(3-8(7)13)16-9-6-4-15-20-10(6)18-11(17-9)19-14/h1-4H,14H2,(H3,15,16,17,18,19,20). The van der Waals surface area contributed by atoms with Gasteiger partial charge in [0.1, 0.15) is 5.82 Å². The molecule has 0 unspecified atom stereocenters. The largest absolute Gasteiger partial charge is 0.339 e. The quantitative estimate of drug-likeness (QED) is 0.428. The van der Waals surface area contributed by atoms with E-state index in [0.717, 1.165) is 12.1 Å². The lowest BCUT2D eigenvalue weighted by Crippen LogP contribution is -2.11. The number of nitrogens with zero attached hydrogens (tertiary/aromatic N) is 3. The molecule has 0 spiro atoms. The number of fused-ring (bicyclic) bond motifs is 1. The normalized spacial score (nSPS) is 10.8. The van der Waals surface area contributed by atoms with Crippen molar-refractivity contribution >= 4 is 28.5 Å². The summed E-state index contributed by atoms with van der Waals surface area (Å²) in [5, 5.41) is 9.96. The maximum Gasteiger partial charge on any atom is 0.241 e. The van der Waals surface area contributed by atoms with Gasteiger partial charge in [0, 0.05) is 11.8 Å². The first kappa shape index (κ1) is 12.2. The number of H-pyrrole nitrogens is 1. The molecule has 0 saturated carbocycles. The first-order valence-electron chi connectivity index (χ1n) is 5.57. The highest BCUT2D eigenvalue weighted by molar-refractivity contribution is 5.88. The molecule has 0 saturated heterocycles. The molecular formula is C11H9F2N7. The van der Waals surface area contributed by atoms with Crippen molar-refractivity contribution in [1.82, 2.24) is 20.2 Å². The summed E-state index contributed by atoms with van der Waals surface area (Å²) in [5.74, 6) is 3.92. The number of nitrogens with two attached hydrogens (primary N) is 1. The van der Waals surface area contributed by atoms with Crippen LogP contribution in [0.15, 0.2) is 24.4 Å². The fraction of sp³-hybridized carbons (Fsp3) is 0. The van der Waals surface area contributed by atoms with E-state index in [1.165, 1.54) is 12.3 Å². The number of hydrazine groups is 1. The summed E-state index contributed by atoms with van der Waals surface area (Å²) in [5.41, 5.74) is 3.11. The molecule has 0 bridgehead atoms. The molecule has 0 amide bonds. The number of benzene rings is 1. The van der Waals surface area contributed by atoms with Crippen molar-refractivity contribution in [2.75, 3.05) is 10.7 Å². The number of nitrogen functional groups attached to an aromatic ring is 1. The maximum absolute atomic E-state index is 13.2. The number of aromatic nitrogens is 4. The van der Waals surface area contributed by atoms with Crippen molar-refractivity contribution in [3.05, 3.63) is 36.0 Å². The van der Waals surface area contributed by atoms with Gasteiger partial charge in [-0.3, -0.25) is 10.5 Å². The minimum absolute atomic E-state index is 0.159. The highest BCUT2D eigenvalue weighted by atomic mass is 19.2. The van der Waals surface area contributed by atoms with Crippen LogP contribution in [0.4, 0.5) is 26.2 Å². The summed E-state index contributed by atoms with van der Waals surface area (Å²) in [6.07, 6.45) is 1.51. The fourth-order valence-corrected chi connectivity index (χ4v) is 1.71. The highest BCUT2D eigenvalue weighted by Crippen LogP contribution is 2.24. The van der Waals surface area contributed by atoms with Crippen LogP contribution < -0.4 is 16.6 Å². The van der Waals surface area contributed by atoms with Gasteiger partial charge in [0.2, 0.25) is 5.95 Å². The molecule has 0 aliphatic heterocycles. The molecule has 20 heavy (non-hydrogen) atoms. The van der Waals surface area contributed by atoms with E-state index in [4.69, 9.17) is 5.84 Å². The molecule has 2 heterocycles. The number of rotatable bonds is 3. The van der Waals surface area contributed by atoms with E-state index in [1.807, 2.05) is 0 Å². The Morgan fingerprint density at radius 3 is 2.75 bits per heavy atom. The van der Waals surface area contributed by atoms with Crippen LogP contribution in [-0.2, 0) is 0 Å². The van der Waals surface area contributed by atoms with E-state index in [-0.39, 0.29) is 5.95 Å². The molecule has 102 valence electrons. The zero-order valence-corrected chi connectivity index (χ0v) is 9.98. The molecule has 0 atom stereocenters. The summed E-state index contributed by atoms with van der Waals surface area (Å²) in [7, 11) is 0.